The number of nitrogens with one attached hydrogen (secondary N) is 2. The molecule has 1 aliphatic heterocycles. The second kappa shape index (κ2) is 8.87. The molecule has 1 saturated heterocycles. The number of benzene rings is 1. The van der Waals surface area contributed by atoms with Gasteiger partial charge in [-0.3, -0.25) is 9.59 Å². The summed E-state index contributed by atoms with van der Waals surface area (Å²) in [6.07, 6.45) is 4.98. The highest BCUT2D eigenvalue weighted by molar-refractivity contribution is 6.31. The van der Waals surface area contributed by atoms with Crippen molar-refractivity contribution in [2.24, 2.45) is 0 Å². The van der Waals surface area contributed by atoms with Gasteiger partial charge in [-0.2, -0.15) is 4.98 Å². The van der Waals surface area contributed by atoms with Gasteiger partial charge in [-0.05, 0) is 43.5 Å². The highest BCUT2D eigenvalue weighted by Crippen LogP contribution is 2.30. The highest BCUT2D eigenvalue weighted by atomic mass is 35.5. The van der Waals surface area contributed by atoms with Crippen LogP contribution in [0.4, 0.5) is 11.6 Å². The highest BCUT2D eigenvalue weighted by Gasteiger charge is 2.28. The average molecular weight is 430 g/mol. The number of anilines is 2. The number of rotatable bonds is 7. The molecule has 2 heterocycles. The van der Waals surface area contributed by atoms with Crippen LogP contribution in [0.15, 0.2) is 30.5 Å². The van der Waals surface area contributed by atoms with Gasteiger partial charge in [0.05, 0.1) is 6.20 Å². The molecule has 0 unspecified atom stereocenters. The number of hydrogen-bond donors (Lipinski definition) is 2. The summed E-state index contributed by atoms with van der Waals surface area (Å²) in [6, 6.07) is 7.01. The van der Waals surface area contributed by atoms with E-state index in [1.165, 1.54) is 6.20 Å². The van der Waals surface area contributed by atoms with E-state index in [-0.39, 0.29) is 24.0 Å². The minimum absolute atomic E-state index is 0.0394. The predicted molar refractivity (Wildman–Crippen MR) is 114 cm³/mol. The number of nitrogens with zero attached hydrogens (tertiary/aromatic N) is 3. The first-order valence-electron chi connectivity index (χ1n) is 10.2. The standard InChI is InChI=1S/C21H24ClN5O3/c1-2-18(28)24-14-5-3-13(4-6-14)20(29)27-10-9-15(12-27)25-21-23-11-17(22)19(26-21)30-16-7-8-16/h3-6,11,15-16H,2,7-10,12H2,1H3,(H,24,28)(H,23,25,26)/t15-/m1/s1. The van der Waals surface area contributed by atoms with Crippen LogP contribution in [0.3, 0.4) is 0 Å². The molecule has 2 N–H and O–H groups in total. The van der Waals surface area contributed by atoms with Gasteiger partial charge in [0.15, 0.2) is 0 Å². The van der Waals surface area contributed by atoms with Crippen molar-refractivity contribution in [3.05, 3.63) is 41.0 Å². The molecule has 0 spiro atoms. The number of halogens is 1. The Morgan fingerprint density at radius 2 is 2.00 bits per heavy atom. The summed E-state index contributed by atoms with van der Waals surface area (Å²) < 4.78 is 5.71. The van der Waals surface area contributed by atoms with E-state index in [0.29, 0.717) is 47.6 Å². The molecule has 0 radical (unpaired) electrons. The lowest BCUT2D eigenvalue weighted by atomic mass is 10.2. The third-order valence-corrected chi connectivity index (χ3v) is 5.32. The first kappa shape index (κ1) is 20.4. The minimum Gasteiger partial charge on any atom is -0.473 e. The maximum atomic E-state index is 12.8. The Morgan fingerprint density at radius 1 is 1.23 bits per heavy atom. The zero-order valence-corrected chi connectivity index (χ0v) is 17.5. The number of carbonyl (C=O) groups excluding carboxylic acids is 2. The van der Waals surface area contributed by atoms with E-state index < -0.39 is 0 Å². The van der Waals surface area contributed by atoms with E-state index in [2.05, 4.69) is 20.6 Å². The molecule has 1 atom stereocenters. The van der Waals surface area contributed by atoms with Crippen molar-refractivity contribution >= 4 is 35.1 Å². The molecule has 158 valence electrons. The number of likely N-dealkylation sites (tertiary alicyclic amines) is 1. The van der Waals surface area contributed by atoms with Crippen LogP contribution in [0, 0.1) is 0 Å². The lowest BCUT2D eigenvalue weighted by Gasteiger charge is -2.18. The Morgan fingerprint density at radius 3 is 2.70 bits per heavy atom. The van der Waals surface area contributed by atoms with Crippen molar-refractivity contribution in [2.45, 2.75) is 44.8 Å². The zero-order chi connectivity index (χ0) is 21.1. The summed E-state index contributed by atoms with van der Waals surface area (Å²) >= 11 is 6.11. The Balaban J connectivity index is 1.33. The molecule has 1 aliphatic carbocycles. The largest absolute Gasteiger partial charge is 0.473 e. The fourth-order valence-corrected chi connectivity index (χ4v) is 3.36. The van der Waals surface area contributed by atoms with Crippen LogP contribution in [0.2, 0.25) is 5.02 Å². The van der Waals surface area contributed by atoms with Gasteiger partial charge < -0.3 is 20.3 Å². The summed E-state index contributed by atoms with van der Waals surface area (Å²) in [4.78, 5) is 34.7. The molecule has 0 bridgehead atoms. The molecule has 2 amide bonds. The van der Waals surface area contributed by atoms with Crippen LogP contribution in [-0.2, 0) is 4.79 Å². The molecule has 1 saturated carbocycles. The first-order chi connectivity index (χ1) is 14.5. The van der Waals surface area contributed by atoms with Crippen molar-refractivity contribution in [1.29, 1.82) is 0 Å². The molecular weight excluding hydrogens is 406 g/mol. The number of carbonyl (C=O) groups is 2. The van der Waals surface area contributed by atoms with E-state index >= 15 is 0 Å². The van der Waals surface area contributed by atoms with E-state index in [4.69, 9.17) is 16.3 Å². The van der Waals surface area contributed by atoms with E-state index in [1.54, 1.807) is 36.1 Å². The average Bonchev–Trinajstić information content (AvgIpc) is 3.45. The number of amides is 2. The van der Waals surface area contributed by atoms with Crippen molar-refractivity contribution in [2.75, 3.05) is 23.7 Å². The second-order valence-electron chi connectivity index (χ2n) is 7.52. The molecule has 2 fully saturated rings. The van der Waals surface area contributed by atoms with Gasteiger partial charge in [-0.25, -0.2) is 4.98 Å². The first-order valence-corrected chi connectivity index (χ1v) is 10.5. The van der Waals surface area contributed by atoms with Gasteiger partial charge in [-0.1, -0.05) is 18.5 Å². The molecule has 2 aliphatic rings. The third-order valence-electron chi connectivity index (χ3n) is 5.06. The molecular formula is C21H24ClN5O3. The van der Waals surface area contributed by atoms with E-state index in [1.807, 2.05) is 0 Å². The maximum Gasteiger partial charge on any atom is 0.253 e. The molecule has 8 nitrogen and oxygen atoms in total. The van der Waals surface area contributed by atoms with Crippen LogP contribution >= 0.6 is 11.6 Å². The monoisotopic (exact) mass is 429 g/mol. The van der Waals surface area contributed by atoms with E-state index in [9.17, 15) is 9.59 Å². The Kier molecular flexibility index (Phi) is 6.03. The SMILES string of the molecule is CCC(=O)Nc1ccc(C(=O)N2CC[C@@H](Nc3ncc(Cl)c(OC4CC4)n3)C2)cc1. The van der Waals surface area contributed by atoms with Gasteiger partial charge in [-0.15, -0.1) is 0 Å². The lowest BCUT2D eigenvalue weighted by molar-refractivity contribution is -0.115. The number of ether oxygens (including phenoxy) is 1. The van der Waals surface area contributed by atoms with Crippen molar-refractivity contribution < 1.29 is 14.3 Å². The van der Waals surface area contributed by atoms with Gasteiger partial charge >= 0.3 is 0 Å². The van der Waals surface area contributed by atoms with Crippen LogP contribution in [0.5, 0.6) is 5.88 Å². The number of hydrogen-bond acceptors (Lipinski definition) is 6. The van der Waals surface area contributed by atoms with E-state index in [0.717, 1.165) is 19.3 Å². The molecule has 1 aromatic carbocycles. The normalized spacial score (nSPS) is 18.2. The third kappa shape index (κ3) is 4.99. The lowest BCUT2D eigenvalue weighted by Crippen LogP contribution is -2.31. The summed E-state index contributed by atoms with van der Waals surface area (Å²) in [6.45, 7) is 2.99. The zero-order valence-electron chi connectivity index (χ0n) is 16.7. The van der Waals surface area contributed by atoms with Crippen molar-refractivity contribution in [1.82, 2.24) is 14.9 Å². The molecule has 30 heavy (non-hydrogen) atoms. The van der Waals surface area contributed by atoms with Crippen molar-refractivity contribution in [3.63, 3.8) is 0 Å². The fraction of sp³-hybridized carbons (Fsp3) is 0.429. The molecule has 9 heteroatoms. The Labute approximate surface area is 180 Å². The van der Waals surface area contributed by atoms with Crippen LogP contribution < -0.4 is 15.4 Å². The molecule has 4 rings (SSSR count). The van der Waals surface area contributed by atoms with Gasteiger partial charge in [0, 0.05) is 36.8 Å². The summed E-state index contributed by atoms with van der Waals surface area (Å²) in [7, 11) is 0. The summed E-state index contributed by atoms with van der Waals surface area (Å²) in [5.41, 5.74) is 1.27. The predicted octanol–water partition coefficient (Wildman–Crippen LogP) is 3.35. The number of aromatic nitrogens is 2. The Hall–Kier alpha value is -2.87. The molecule has 1 aromatic heterocycles. The fourth-order valence-electron chi connectivity index (χ4n) is 3.22. The molecule has 2 aromatic rings. The minimum atomic E-state index is -0.0577. The Bertz CT molecular complexity index is 933. The van der Waals surface area contributed by atoms with Gasteiger partial charge in [0.1, 0.15) is 11.1 Å². The van der Waals surface area contributed by atoms with Gasteiger partial charge in [0.2, 0.25) is 17.7 Å². The van der Waals surface area contributed by atoms with Crippen LogP contribution in [0.25, 0.3) is 0 Å². The topological polar surface area (TPSA) is 96.5 Å². The van der Waals surface area contributed by atoms with Crippen molar-refractivity contribution in [3.8, 4) is 5.88 Å². The summed E-state index contributed by atoms with van der Waals surface area (Å²) in [5, 5.41) is 6.45. The van der Waals surface area contributed by atoms with Gasteiger partial charge in [0.25, 0.3) is 5.91 Å². The summed E-state index contributed by atoms with van der Waals surface area (Å²) in [5.74, 6) is 0.753. The van der Waals surface area contributed by atoms with Crippen LogP contribution in [0.1, 0.15) is 43.0 Å². The quantitative estimate of drug-likeness (QED) is 0.700. The van der Waals surface area contributed by atoms with Crippen LogP contribution in [-0.4, -0.2) is 51.9 Å². The smallest absolute Gasteiger partial charge is 0.253 e. The maximum absolute atomic E-state index is 12.8. The second-order valence-corrected chi connectivity index (χ2v) is 7.93.